The number of aryl methyl sites for hydroxylation is 1. The van der Waals surface area contributed by atoms with Gasteiger partial charge in [-0.05, 0) is 43.7 Å². The van der Waals surface area contributed by atoms with E-state index in [1.807, 2.05) is 12.1 Å². The predicted molar refractivity (Wildman–Crippen MR) is 81.6 cm³/mol. The van der Waals surface area contributed by atoms with Crippen LogP contribution in [0, 0.1) is 12.7 Å². The van der Waals surface area contributed by atoms with E-state index in [0.717, 1.165) is 22.6 Å². The van der Waals surface area contributed by atoms with Gasteiger partial charge in [-0.25, -0.2) is 9.37 Å². The van der Waals surface area contributed by atoms with Crippen LogP contribution in [0.25, 0.3) is 5.65 Å². The van der Waals surface area contributed by atoms with Crippen LogP contribution in [0.5, 0.6) is 0 Å². The molecule has 1 atom stereocenters. The van der Waals surface area contributed by atoms with E-state index in [1.54, 1.807) is 12.1 Å². The highest BCUT2D eigenvalue weighted by molar-refractivity contribution is 5.41. The fourth-order valence-electron chi connectivity index (χ4n) is 2.41. The number of nitrogens with one attached hydrogen (secondary N) is 1. The maximum absolute atomic E-state index is 12.9. The van der Waals surface area contributed by atoms with Gasteiger partial charge in [0.15, 0.2) is 0 Å². The number of hydrogen-bond acceptors (Lipinski definition) is 2. The number of pyridine rings is 1. The Balaban J connectivity index is 1.71. The molecule has 0 aliphatic carbocycles. The van der Waals surface area contributed by atoms with Crippen LogP contribution in [0.1, 0.15) is 29.9 Å². The predicted octanol–water partition coefficient (Wildman–Crippen LogP) is 3.63. The molecule has 108 valence electrons. The van der Waals surface area contributed by atoms with Gasteiger partial charge in [-0.3, -0.25) is 0 Å². The van der Waals surface area contributed by atoms with Gasteiger partial charge >= 0.3 is 0 Å². The maximum atomic E-state index is 12.9. The van der Waals surface area contributed by atoms with Crippen LogP contribution in [-0.4, -0.2) is 9.38 Å². The zero-order valence-electron chi connectivity index (χ0n) is 12.2. The first kappa shape index (κ1) is 13.8. The van der Waals surface area contributed by atoms with Gasteiger partial charge in [-0.1, -0.05) is 18.2 Å². The van der Waals surface area contributed by atoms with Crippen molar-refractivity contribution in [3.63, 3.8) is 0 Å². The molecule has 0 radical (unpaired) electrons. The van der Waals surface area contributed by atoms with Crippen molar-refractivity contribution in [2.24, 2.45) is 0 Å². The van der Waals surface area contributed by atoms with Crippen molar-refractivity contribution in [2.75, 3.05) is 0 Å². The van der Waals surface area contributed by atoms with Gasteiger partial charge < -0.3 is 9.72 Å². The van der Waals surface area contributed by atoms with Crippen molar-refractivity contribution in [2.45, 2.75) is 26.4 Å². The summed E-state index contributed by atoms with van der Waals surface area (Å²) in [6, 6.07) is 12.8. The van der Waals surface area contributed by atoms with E-state index >= 15 is 0 Å². The topological polar surface area (TPSA) is 29.3 Å². The minimum absolute atomic E-state index is 0.150. The minimum atomic E-state index is -0.207. The van der Waals surface area contributed by atoms with Crippen molar-refractivity contribution in [1.82, 2.24) is 14.7 Å². The van der Waals surface area contributed by atoms with Crippen LogP contribution in [0.15, 0.2) is 48.7 Å². The molecule has 3 rings (SSSR count). The molecule has 3 nitrogen and oxygen atoms in total. The smallest absolute Gasteiger partial charge is 0.137 e. The van der Waals surface area contributed by atoms with E-state index in [4.69, 9.17) is 0 Å². The fraction of sp³-hybridized carbons (Fsp3) is 0.235. The molecule has 0 saturated carbocycles. The van der Waals surface area contributed by atoms with E-state index in [-0.39, 0.29) is 11.9 Å². The molecule has 0 fully saturated rings. The zero-order valence-corrected chi connectivity index (χ0v) is 12.2. The zero-order chi connectivity index (χ0) is 14.8. The van der Waals surface area contributed by atoms with Crippen LogP contribution in [0.4, 0.5) is 4.39 Å². The van der Waals surface area contributed by atoms with Gasteiger partial charge in [0.25, 0.3) is 0 Å². The van der Waals surface area contributed by atoms with Crippen molar-refractivity contribution in [3.05, 3.63) is 71.4 Å². The number of imidazole rings is 1. The number of halogens is 1. The summed E-state index contributed by atoms with van der Waals surface area (Å²) in [4.78, 5) is 4.59. The van der Waals surface area contributed by atoms with Gasteiger partial charge in [0.1, 0.15) is 11.5 Å². The van der Waals surface area contributed by atoms with Gasteiger partial charge in [0.2, 0.25) is 0 Å². The number of nitrogens with zero attached hydrogens (tertiary/aromatic N) is 2. The average molecular weight is 283 g/mol. The summed E-state index contributed by atoms with van der Waals surface area (Å²) >= 11 is 0. The summed E-state index contributed by atoms with van der Waals surface area (Å²) < 4.78 is 15.0. The first-order chi connectivity index (χ1) is 10.1. The highest BCUT2D eigenvalue weighted by Crippen LogP contribution is 2.14. The van der Waals surface area contributed by atoms with E-state index in [2.05, 4.69) is 40.8 Å². The molecule has 3 aromatic rings. The molecule has 0 spiro atoms. The molecule has 4 heteroatoms. The highest BCUT2D eigenvalue weighted by Gasteiger charge is 2.07. The summed E-state index contributed by atoms with van der Waals surface area (Å²) in [6.07, 6.45) is 2.05. The van der Waals surface area contributed by atoms with Gasteiger partial charge in [-0.15, -0.1) is 0 Å². The van der Waals surface area contributed by atoms with Crippen molar-refractivity contribution >= 4 is 5.65 Å². The summed E-state index contributed by atoms with van der Waals surface area (Å²) in [5.41, 5.74) is 4.19. The minimum Gasteiger partial charge on any atom is -0.305 e. The lowest BCUT2D eigenvalue weighted by Gasteiger charge is -2.13. The van der Waals surface area contributed by atoms with Crippen LogP contribution in [0.3, 0.4) is 0 Å². The van der Waals surface area contributed by atoms with Gasteiger partial charge in [0, 0.05) is 24.5 Å². The standard InChI is InChI=1S/C17H18FN3/c1-12-4-3-5-17-20-16(11-21(12)17)10-19-13(2)14-6-8-15(18)9-7-14/h3-9,11,13,19H,10H2,1-2H3. The van der Waals surface area contributed by atoms with Crippen LogP contribution in [0.2, 0.25) is 0 Å². The van der Waals surface area contributed by atoms with Crippen LogP contribution in [-0.2, 0) is 6.54 Å². The Morgan fingerprint density at radius 3 is 2.67 bits per heavy atom. The molecule has 1 unspecified atom stereocenters. The Kier molecular flexibility index (Phi) is 3.71. The van der Waals surface area contributed by atoms with Crippen LogP contribution < -0.4 is 5.32 Å². The maximum Gasteiger partial charge on any atom is 0.137 e. The van der Waals surface area contributed by atoms with E-state index in [1.165, 1.54) is 12.1 Å². The molecule has 0 amide bonds. The second-order valence-corrected chi connectivity index (χ2v) is 5.28. The summed E-state index contributed by atoms with van der Waals surface area (Å²) in [7, 11) is 0. The Morgan fingerprint density at radius 2 is 1.95 bits per heavy atom. The molecule has 0 aliphatic heterocycles. The van der Waals surface area contributed by atoms with E-state index < -0.39 is 0 Å². The monoisotopic (exact) mass is 283 g/mol. The number of hydrogen-bond donors (Lipinski definition) is 1. The first-order valence-corrected chi connectivity index (χ1v) is 7.06. The van der Waals surface area contributed by atoms with Crippen LogP contribution >= 0.6 is 0 Å². The molecule has 2 aromatic heterocycles. The molecular weight excluding hydrogens is 265 g/mol. The number of fused-ring (bicyclic) bond motifs is 1. The summed E-state index contributed by atoms with van der Waals surface area (Å²) in [5.74, 6) is -0.207. The molecular formula is C17H18FN3. The Labute approximate surface area is 123 Å². The second kappa shape index (κ2) is 5.66. The second-order valence-electron chi connectivity index (χ2n) is 5.28. The van der Waals surface area contributed by atoms with Crippen molar-refractivity contribution in [3.8, 4) is 0 Å². The van der Waals surface area contributed by atoms with Crippen molar-refractivity contribution in [1.29, 1.82) is 0 Å². The quantitative estimate of drug-likeness (QED) is 0.792. The Hall–Kier alpha value is -2.20. The molecule has 0 bridgehead atoms. The number of aromatic nitrogens is 2. The van der Waals surface area contributed by atoms with E-state index in [9.17, 15) is 4.39 Å². The molecule has 2 heterocycles. The summed E-state index contributed by atoms with van der Waals surface area (Å²) in [6.45, 7) is 4.81. The third kappa shape index (κ3) is 2.95. The Bertz CT molecular complexity index is 746. The largest absolute Gasteiger partial charge is 0.305 e. The highest BCUT2D eigenvalue weighted by atomic mass is 19.1. The Morgan fingerprint density at radius 1 is 1.19 bits per heavy atom. The van der Waals surface area contributed by atoms with Crippen molar-refractivity contribution < 1.29 is 4.39 Å². The number of rotatable bonds is 4. The molecule has 1 N–H and O–H groups in total. The fourth-order valence-corrected chi connectivity index (χ4v) is 2.41. The molecule has 0 aliphatic rings. The molecule has 1 aromatic carbocycles. The normalized spacial score (nSPS) is 12.7. The lowest BCUT2D eigenvalue weighted by Crippen LogP contribution is -2.18. The third-order valence-electron chi connectivity index (χ3n) is 3.71. The lowest BCUT2D eigenvalue weighted by molar-refractivity contribution is 0.566. The lowest BCUT2D eigenvalue weighted by atomic mass is 10.1. The number of benzene rings is 1. The molecule has 0 saturated heterocycles. The average Bonchev–Trinajstić information content (AvgIpc) is 2.90. The SMILES string of the molecule is Cc1cccc2nc(CNC(C)c3ccc(F)cc3)cn12. The first-order valence-electron chi connectivity index (χ1n) is 7.06. The van der Waals surface area contributed by atoms with Gasteiger partial charge in [0.05, 0.1) is 5.69 Å². The summed E-state index contributed by atoms with van der Waals surface area (Å²) in [5, 5.41) is 3.42. The van der Waals surface area contributed by atoms with Gasteiger partial charge in [-0.2, -0.15) is 0 Å². The molecule has 21 heavy (non-hydrogen) atoms. The van der Waals surface area contributed by atoms with E-state index in [0.29, 0.717) is 6.54 Å². The third-order valence-corrected chi connectivity index (χ3v) is 3.71.